The zero-order valence-corrected chi connectivity index (χ0v) is 17.6. The van der Waals surface area contributed by atoms with Crippen molar-refractivity contribution in [1.82, 2.24) is 9.55 Å². The van der Waals surface area contributed by atoms with E-state index in [4.69, 9.17) is 9.47 Å². The fraction of sp³-hybridized carbons (Fsp3) is 0.160. The van der Waals surface area contributed by atoms with Crippen molar-refractivity contribution in [3.8, 4) is 11.4 Å². The lowest BCUT2D eigenvalue weighted by Gasteiger charge is -2.12. The molecule has 4 aromatic rings. The van der Waals surface area contributed by atoms with E-state index in [-0.39, 0.29) is 12.2 Å². The van der Waals surface area contributed by atoms with E-state index in [1.54, 1.807) is 44.4 Å². The zero-order chi connectivity index (χ0) is 22.0. The molecule has 0 N–H and O–H groups in total. The Hall–Kier alpha value is -3.93. The molecule has 0 fully saturated rings. The van der Waals surface area contributed by atoms with Gasteiger partial charge < -0.3 is 9.47 Å². The van der Waals surface area contributed by atoms with Crippen LogP contribution in [-0.2, 0) is 11.3 Å². The molecule has 1 heterocycles. The molecular formula is C25H22N2O4. The van der Waals surface area contributed by atoms with Gasteiger partial charge in [0, 0.05) is 5.56 Å². The van der Waals surface area contributed by atoms with Gasteiger partial charge >= 0.3 is 5.97 Å². The van der Waals surface area contributed by atoms with E-state index in [9.17, 15) is 9.59 Å². The van der Waals surface area contributed by atoms with Gasteiger partial charge in [-0.25, -0.2) is 9.78 Å². The number of para-hydroxylation sites is 1. The monoisotopic (exact) mass is 414 g/mol. The summed E-state index contributed by atoms with van der Waals surface area (Å²) >= 11 is 0. The first kappa shape index (κ1) is 20.3. The minimum absolute atomic E-state index is 0.110. The largest absolute Gasteiger partial charge is 0.496 e. The molecule has 6 heteroatoms. The quantitative estimate of drug-likeness (QED) is 0.454. The van der Waals surface area contributed by atoms with E-state index in [1.807, 2.05) is 43.3 Å². The highest BCUT2D eigenvalue weighted by Crippen LogP contribution is 2.21. The van der Waals surface area contributed by atoms with Gasteiger partial charge in [-0.2, -0.15) is 0 Å². The number of nitrogens with zero attached hydrogens (tertiary/aromatic N) is 2. The number of carbonyl (C=O) groups excluding carboxylic acids is 1. The van der Waals surface area contributed by atoms with Crippen LogP contribution in [0.25, 0.3) is 16.6 Å². The predicted molar refractivity (Wildman–Crippen MR) is 119 cm³/mol. The Morgan fingerprint density at radius 3 is 2.48 bits per heavy atom. The zero-order valence-electron chi connectivity index (χ0n) is 17.6. The third-order valence-corrected chi connectivity index (χ3v) is 5.10. The van der Waals surface area contributed by atoms with Crippen LogP contribution in [-0.4, -0.2) is 22.6 Å². The van der Waals surface area contributed by atoms with Crippen LogP contribution in [0.4, 0.5) is 0 Å². The maximum Gasteiger partial charge on any atom is 0.338 e. The van der Waals surface area contributed by atoms with Crippen LogP contribution in [0.15, 0.2) is 71.5 Å². The smallest absolute Gasteiger partial charge is 0.338 e. The summed E-state index contributed by atoms with van der Waals surface area (Å²) in [7, 11) is 1.58. The lowest BCUT2D eigenvalue weighted by atomic mass is 10.1. The minimum atomic E-state index is -0.448. The van der Waals surface area contributed by atoms with Crippen molar-refractivity contribution in [2.24, 2.45) is 0 Å². The van der Waals surface area contributed by atoms with E-state index < -0.39 is 5.97 Å². The first-order chi connectivity index (χ1) is 15.0. The highest BCUT2D eigenvalue weighted by Gasteiger charge is 2.13. The molecule has 0 unspecified atom stereocenters. The first-order valence-electron chi connectivity index (χ1n) is 9.87. The van der Waals surface area contributed by atoms with Gasteiger partial charge in [-0.15, -0.1) is 0 Å². The van der Waals surface area contributed by atoms with Gasteiger partial charge in [0.2, 0.25) is 0 Å². The summed E-state index contributed by atoms with van der Waals surface area (Å²) < 4.78 is 12.3. The highest BCUT2D eigenvalue weighted by molar-refractivity contribution is 5.89. The highest BCUT2D eigenvalue weighted by atomic mass is 16.5. The summed E-state index contributed by atoms with van der Waals surface area (Å²) in [5.41, 5.74) is 3.41. The molecule has 0 atom stereocenters. The molecule has 0 radical (unpaired) electrons. The third-order valence-electron chi connectivity index (χ3n) is 5.10. The molecule has 0 saturated carbocycles. The molecule has 0 amide bonds. The Morgan fingerprint density at radius 1 is 1.00 bits per heavy atom. The van der Waals surface area contributed by atoms with Crippen LogP contribution >= 0.6 is 0 Å². The number of hydrogen-bond donors (Lipinski definition) is 0. The average molecular weight is 414 g/mol. The first-order valence-corrected chi connectivity index (χ1v) is 9.87. The second-order valence-corrected chi connectivity index (χ2v) is 7.26. The normalized spacial score (nSPS) is 10.8. The molecule has 0 aliphatic carbocycles. The predicted octanol–water partition coefficient (Wildman–Crippen LogP) is 4.37. The fourth-order valence-electron chi connectivity index (χ4n) is 3.54. The number of ether oxygens (including phenoxy) is 2. The maximum atomic E-state index is 12.9. The van der Waals surface area contributed by atoms with E-state index >= 15 is 0 Å². The summed E-state index contributed by atoms with van der Waals surface area (Å²) in [6, 6.07) is 19.7. The van der Waals surface area contributed by atoms with Gasteiger partial charge in [0.05, 0.1) is 29.3 Å². The van der Waals surface area contributed by atoms with Crippen LogP contribution in [0.1, 0.15) is 27.3 Å². The van der Waals surface area contributed by atoms with E-state index in [0.717, 1.165) is 11.1 Å². The van der Waals surface area contributed by atoms with Gasteiger partial charge in [0.1, 0.15) is 18.2 Å². The number of carbonyl (C=O) groups is 1. The number of methoxy groups -OCH3 is 1. The van der Waals surface area contributed by atoms with Gasteiger partial charge in [0.15, 0.2) is 0 Å². The summed E-state index contributed by atoms with van der Waals surface area (Å²) in [5.74, 6) is 0.800. The summed E-state index contributed by atoms with van der Waals surface area (Å²) in [6.45, 7) is 3.86. The molecule has 156 valence electrons. The summed E-state index contributed by atoms with van der Waals surface area (Å²) in [4.78, 5) is 30.0. The number of esters is 1. The Kier molecular flexibility index (Phi) is 5.54. The minimum Gasteiger partial charge on any atom is -0.496 e. The summed E-state index contributed by atoms with van der Waals surface area (Å²) in [5, 5.41) is 0.545. The molecule has 1 aromatic heterocycles. The van der Waals surface area contributed by atoms with Gasteiger partial charge in [-0.1, -0.05) is 23.8 Å². The lowest BCUT2D eigenvalue weighted by Crippen LogP contribution is -2.22. The molecular weight excluding hydrogens is 392 g/mol. The van der Waals surface area contributed by atoms with Crippen LogP contribution in [0, 0.1) is 13.8 Å². The number of aryl methyl sites for hydroxylation is 2. The lowest BCUT2D eigenvalue weighted by molar-refractivity contribution is 0.0470. The maximum absolute atomic E-state index is 12.9. The van der Waals surface area contributed by atoms with Crippen LogP contribution in [0.2, 0.25) is 0 Å². The molecule has 0 aliphatic rings. The second kappa shape index (κ2) is 8.44. The number of fused-ring (bicyclic) bond motifs is 1. The molecule has 0 bridgehead atoms. The standard InChI is InChI=1S/C25H22N2O4/c1-16-8-13-23(30-3)19(14-16)15-31-25(29)18-9-11-20(12-10-18)27-17(2)26-22-7-5-4-6-21(22)24(27)28/h4-14H,15H2,1-3H3. The third kappa shape index (κ3) is 4.05. The van der Waals surface area contributed by atoms with Crippen molar-refractivity contribution in [1.29, 1.82) is 0 Å². The van der Waals surface area contributed by atoms with Crippen LogP contribution in [0.5, 0.6) is 5.75 Å². The number of rotatable bonds is 5. The van der Waals surface area contributed by atoms with Crippen molar-refractivity contribution in [2.45, 2.75) is 20.5 Å². The SMILES string of the molecule is COc1ccc(C)cc1COC(=O)c1ccc(-n2c(C)nc3ccccc3c2=O)cc1. The number of aromatic nitrogens is 2. The Balaban J connectivity index is 1.56. The molecule has 4 rings (SSSR count). The van der Waals surface area contributed by atoms with Crippen molar-refractivity contribution >= 4 is 16.9 Å². The Bertz CT molecular complexity index is 1320. The van der Waals surface area contributed by atoms with E-state index in [2.05, 4.69) is 4.98 Å². The summed E-state index contributed by atoms with van der Waals surface area (Å²) in [6.07, 6.45) is 0. The van der Waals surface area contributed by atoms with Gasteiger partial charge in [0.25, 0.3) is 5.56 Å². The van der Waals surface area contributed by atoms with Gasteiger partial charge in [-0.3, -0.25) is 9.36 Å². The molecule has 6 nitrogen and oxygen atoms in total. The second-order valence-electron chi connectivity index (χ2n) is 7.26. The molecule has 31 heavy (non-hydrogen) atoms. The number of benzene rings is 3. The number of hydrogen-bond acceptors (Lipinski definition) is 5. The molecule has 0 spiro atoms. The van der Waals surface area contributed by atoms with Crippen molar-refractivity contribution in [3.05, 3.63) is 99.6 Å². The molecule has 0 aliphatic heterocycles. The topological polar surface area (TPSA) is 70.4 Å². The average Bonchev–Trinajstić information content (AvgIpc) is 2.78. The van der Waals surface area contributed by atoms with Crippen molar-refractivity contribution in [2.75, 3.05) is 7.11 Å². The van der Waals surface area contributed by atoms with Crippen LogP contribution < -0.4 is 10.3 Å². The van der Waals surface area contributed by atoms with E-state index in [1.165, 1.54) is 4.57 Å². The molecule has 3 aromatic carbocycles. The van der Waals surface area contributed by atoms with Crippen molar-refractivity contribution in [3.63, 3.8) is 0 Å². The van der Waals surface area contributed by atoms with Crippen molar-refractivity contribution < 1.29 is 14.3 Å². The van der Waals surface area contributed by atoms with Gasteiger partial charge in [-0.05, 0) is 62.4 Å². The molecule has 0 saturated heterocycles. The Morgan fingerprint density at radius 2 is 1.74 bits per heavy atom. The van der Waals surface area contributed by atoms with E-state index in [0.29, 0.717) is 33.7 Å². The Labute approximate surface area is 179 Å². The fourth-order valence-corrected chi connectivity index (χ4v) is 3.54. The van der Waals surface area contributed by atoms with Crippen LogP contribution in [0.3, 0.4) is 0 Å².